The van der Waals surface area contributed by atoms with E-state index in [1.165, 1.54) is 5.56 Å². The predicted molar refractivity (Wildman–Crippen MR) is 65.9 cm³/mol. The fraction of sp³-hybridized carbons (Fsp3) is 0.357. The second-order valence-corrected chi connectivity index (χ2v) is 4.52. The van der Waals surface area contributed by atoms with Crippen LogP contribution in [-0.4, -0.2) is 17.4 Å². The zero-order chi connectivity index (χ0) is 11.7. The summed E-state index contributed by atoms with van der Waals surface area (Å²) in [4.78, 5) is 13.0. The van der Waals surface area contributed by atoms with Crippen LogP contribution in [0, 0.1) is 0 Å². The van der Waals surface area contributed by atoms with E-state index in [1.54, 1.807) is 4.90 Å². The fourth-order valence-corrected chi connectivity index (χ4v) is 1.82. The predicted octanol–water partition coefficient (Wildman–Crippen LogP) is 3.01. The van der Waals surface area contributed by atoms with Crippen LogP contribution in [0.1, 0.15) is 37.3 Å². The molecule has 1 heterocycles. The van der Waals surface area contributed by atoms with Crippen LogP contribution in [0.4, 0.5) is 0 Å². The summed E-state index contributed by atoms with van der Waals surface area (Å²) >= 11 is 0. The topological polar surface area (TPSA) is 20.3 Å². The summed E-state index contributed by atoms with van der Waals surface area (Å²) in [6.45, 7) is 9.12. The fourth-order valence-electron chi connectivity index (χ4n) is 1.82. The van der Waals surface area contributed by atoms with Crippen LogP contribution in [0.3, 0.4) is 0 Å². The van der Waals surface area contributed by atoms with Crippen LogP contribution in [0.15, 0.2) is 30.8 Å². The molecule has 0 aromatic heterocycles. The highest BCUT2D eigenvalue weighted by molar-refractivity contribution is 5.91. The molecule has 0 aliphatic carbocycles. The second-order valence-electron chi connectivity index (χ2n) is 4.52. The third kappa shape index (κ3) is 1.87. The van der Waals surface area contributed by atoms with Crippen LogP contribution < -0.4 is 0 Å². The highest BCUT2D eigenvalue weighted by Crippen LogP contribution is 2.25. The molecule has 0 bridgehead atoms. The van der Waals surface area contributed by atoms with Crippen molar-refractivity contribution in [3.63, 3.8) is 0 Å². The molecule has 16 heavy (non-hydrogen) atoms. The molecule has 0 radical (unpaired) electrons. The van der Waals surface area contributed by atoms with Gasteiger partial charge in [-0.15, -0.1) is 0 Å². The molecular formula is C14H17NO. The van der Waals surface area contributed by atoms with Gasteiger partial charge < -0.3 is 4.90 Å². The molecule has 1 amide bonds. The number of hydrogen-bond donors (Lipinski definition) is 0. The Morgan fingerprint density at radius 2 is 1.94 bits per heavy atom. The molecule has 1 aromatic carbocycles. The summed E-state index contributed by atoms with van der Waals surface area (Å²) in [7, 11) is 0. The van der Waals surface area contributed by atoms with E-state index in [2.05, 4.69) is 32.6 Å². The van der Waals surface area contributed by atoms with Crippen molar-refractivity contribution in [1.29, 1.82) is 0 Å². The summed E-state index contributed by atoms with van der Waals surface area (Å²) in [5.74, 6) is 0.714. The van der Waals surface area contributed by atoms with Gasteiger partial charge in [0.15, 0.2) is 0 Å². The van der Waals surface area contributed by atoms with Crippen LogP contribution in [0.25, 0.3) is 5.70 Å². The normalized spacial score (nSPS) is 15.2. The first kappa shape index (κ1) is 10.9. The van der Waals surface area contributed by atoms with Crippen LogP contribution >= 0.6 is 0 Å². The van der Waals surface area contributed by atoms with Crippen molar-refractivity contribution >= 4 is 11.6 Å². The first-order valence-electron chi connectivity index (χ1n) is 5.69. The van der Waals surface area contributed by atoms with Crippen molar-refractivity contribution in [2.75, 3.05) is 6.54 Å². The minimum atomic E-state index is 0.179. The third-order valence-electron chi connectivity index (χ3n) is 3.09. The molecule has 1 saturated heterocycles. The Morgan fingerprint density at radius 3 is 2.31 bits per heavy atom. The molecule has 1 fully saturated rings. The lowest BCUT2D eigenvalue weighted by Gasteiger charge is -2.32. The first-order chi connectivity index (χ1) is 7.59. The number of carbonyl (C=O) groups is 1. The average Bonchev–Trinajstić information content (AvgIpc) is 2.27. The van der Waals surface area contributed by atoms with E-state index in [1.807, 2.05) is 12.1 Å². The molecule has 84 valence electrons. The molecule has 1 aliphatic heterocycles. The van der Waals surface area contributed by atoms with Crippen LogP contribution in [0.2, 0.25) is 0 Å². The van der Waals surface area contributed by atoms with E-state index >= 15 is 0 Å². The molecule has 1 aromatic rings. The average molecular weight is 215 g/mol. The number of benzene rings is 1. The Morgan fingerprint density at radius 1 is 1.31 bits per heavy atom. The molecule has 0 spiro atoms. The maximum atomic E-state index is 11.3. The van der Waals surface area contributed by atoms with Gasteiger partial charge in [0.1, 0.15) is 0 Å². The SMILES string of the molecule is C=C(c1ccc(C(C)C)cc1)N1CCC1=O. The molecule has 0 atom stereocenters. The lowest BCUT2D eigenvalue weighted by atomic mass is 10.00. The van der Waals surface area contributed by atoms with Gasteiger partial charge in [-0.3, -0.25) is 4.79 Å². The van der Waals surface area contributed by atoms with Crippen molar-refractivity contribution in [1.82, 2.24) is 4.90 Å². The van der Waals surface area contributed by atoms with E-state index < -0.39 is 0 Å². The monoisotopic (exact) mass is 215 g/mol. The highest BCUT2D eigenvalue weighted by atomic mass is 16.2. The van der Waals surface area contributed by atoms with E-state index in [0.717, 1.165) is 17.8 Å². The lowest BCUT2D eigenvalue weighted by molar-refractivity contribution is -0.135. The number of likely N-dealkylation sites (tertiary alicyclic amines) is 1. The molecule has 0 N–H and O–H groups in total. The van der Waals surface area contributed by atoms with E-state index in [0.29, 0.717) is 12.3 Å². The summed E-state index contributed by atoms with van der Waals surface area (Å²) in [5.41, 5.74) is 3.18. The lowest BCUT2D eigenvalue weighted by Crippen LogP contribution is -2.41. The van der Waals surface area contributed by atoms with Crippen molar-refractivity contribution < 1.29 is 4.79 Å². The van der Waals surface area contributed by atoms with Crippen molar-refractivity contribution in [3.05, 3.63) is 42.0 Å². The van der Waals surface area contributed by atoms with Gasteiger partial charge in [0.25, 0.3) is 0 Å². The van der Waals surface area contributed by atoms with Gasteiger partial charge >= 0.3 is 0 Å². The molecule has 0 unspecified atom stereocenters. The van der Waals surface area contributed by atoms with Gasteiger partial charge in [-0.25, -0.2) is 0 Å². The zero-order valence-corrected chi connectivity index (χ0v) is 9.86. The summed E-state index contributed by atoms with van der Waals surface area (Å²) in [5, 5.41) is 0. The molecule has 2 nitrogen and oxygen atoms in total. The number of rotatable bonds is 3. The summed E-state index contributed by atoms with van der Waals surface area (Å²) in [6.07, 6.45) is 0.656. The Labute approximate surface area is 96.6 Å². The Balaban J connectivity index is 2.15. The number of amides is 1. The summed E-state index contributed by atoms with van der Waals surface area (Å²) in [6, 6.07) is 8.30. The largest absolute Gasteiger partial charge is 0.312 e. The maximum absolute atomic E-state index is 11.3. The Bertz CT molecular complexity index is 417. The number of β-lactam (4-membered cyclic amide) rings is 1. The second kappa shape index (κ2) is 4.12. The maximum Gasteiger partial charge on any atom is 0.228 e. The van der Waals surface area contributed by atoms with Crippen LogP contribution in [-0.2, 0) is 4.79 Å². The van der Waals surface area contributed by atoms with E-state index in [-0.39, 0.29) is 5.91 Å². The van der Waals surface area contributed by atoms with Gasteiger partial charge in [-0.1, -0.05) is 44.7 Å². The number of nitrogens with zero attached hydrogens (tertiary/aromatic N) is 1. The minimum absolute atomic E-state index is 0.179. The van der Waals surface area contributed by atoms with Gasteiger partial charge in [0.2, 0.25) is 5.91 Å². The van der Waals surface area contributed by atoms with Gasteiger partial charge in [0, 0.05) is 18.7 Å². The molecule has 2 heteroatoms. The van der Waals surface area contributed by atoms with Crippen LogP contribution in [0.5, 0.6) is 0 Å². The minimum Gasteiger partial charge on any atom is -0.312 e. The third-order valence-corrected chi connectivity index (χ3v) is 3.09. The first-order valence-corrected chi connectivity index (χ1v) is 5.69. The quantitative estimate of drug-likeness (QED) is 0.710. The zero-order valence-electron chi connectivity index (χ0n) is 9.86. The van der Waals surface area contributed by atoms with Gasteiger partial charge in [-0.2, -0.15) is 0 Å². The molecule has 1 aliphatic rings. The van der Waals surface area contributed by atoms with Crippen molar-refractivity contribution in [2.24, 2.45) is 0 Å². The number of carbonyl (C=O) groups excluding carboxylic acids is 1. The number of hydrogen-bond acceptors (Lipinski definition) is 1. The van der Waals surface area contributed by atoms with Crippen molar-refractivity contribution in [3.8, 4) is 0 Å². The van der Waals surface area contributed by atoms with Crippen molar-refractivity contribution in [2.45, 2.75) is 26.2 Å². The summed E-state index contributed by atoms with van der Waals surface area (Å²) < 4.78 is 0. The smallest absolute Gasteiger partial charge is 0.228 e. The molecular weight excluding hydrogens is 198 g/mol. The van der Waals surface area contributed by atoms with Gasteiger partial charge in [-0.05, 0) is 17.0 Å². The van der Waals surface area contributed by atoms with E-state index in [9.17, 15) is 4.79 Å². The highest BCUT2D eigenvalue weighted by Gasteiger charge is 2.26. The molecule has 0 saturated carbocycles. The Kier molecular flexibility index (Phi) is 2.82. The standard InChI is InChI=1S/C14H17NO/c1-10(2)12-4-6-13(7-5-12)11(3)15-9-8-14(15)16/h4-7,10H,3,8-9H2,1-2H3. The Hall–Kier alpha value is -1.57. The van der Waals surface area contributed by atoms with Gasteiger partial charge in [0.05, 0.1) is 0 Å². The molecule has 2 rings (SSSR count). The van der Waals surface area contributed by atoms with E-state index in [4.69, 9.17) is 0 Å².